The van der Waals surface area contributed by atoms with Gasteiger partial charge in [0.2, 0.25) is 0 Å². The predicted octanol–water partition coefficient (Wildman–Crippen LogP) is 6.47. The first-order chi connectivity index (χ1) is 19.5. The second-order valence-corrected chi connectivity index (χ2v) is 10.1. The van der Waals surface area contributed by atoms with Crippen LogP contribution < -0.4 is 9.47 Å². The highest BCUT2D eigenvalue weighted by atomic mass is 16.6. The molecule has 0 amide bonds. The molecular formula is C33H35N3O4. The highest BCUT2D eigenvalue weighted by molar-refractivity contribution is 5.87. The SMILES string of the molecule is CCCCc1c(CN(Cc2ccc(C(=O)O)cc2)Cc2ccc3c(c2)OCCO3)nc(C)nc1-c1ccccc1. The molecule has 0 spiro atoms. The zero-order valence-corrected chi connectivity index (χ0v) is 23.1. The van der Waals surface area contributed by atoms with Crippen molar-refractivity contribution in [3.8, 4) is 22.8 Å². The fraction of sp³-hybridized carbons (Fsp3) is 0.303. The monoisotopic (exact) mass is 537 g/mol. The number of benzene rings is 3. The van der Waals surface area contributed by atoms with Crippen LogP contribution in [0.1, 0.15) is 58.3 Å². The number of aryl methyl sites for hydroxylation is 1. The third-order valence-corrected chi connectivity index (χ3v) is 7.03. The third-order valence-electron chi connectivity index (χ3n) is 7.03. The molecule has 206 valence electrons. The lowest BCUT2D eigenvalue weighted by atomic mass is 9.98. The number of fused-ring (bicyclic) bond motifs is 1. The minimum Gasteiger partial charge on any atom is -0.486 e. The Morgan fingerprint density at radius 1 is 0.875 bits per heavy atom. The van der Waals surface area contributed by atoms with Gasteiger partial charge in [-0.15, -0.1) is 0 Å². The number of carboxylic acid groups (broad SMARTS) is 1. The summed E-state index contributed by atoms with van der Waals surface area (Å²) < 4.78 is 11.6. The number of hydrogen-bond donors (Lipinski definition) is 1. The largest absolute Gasteiger partial charge is 0.486 e. The van der Waals surface area contributed by atoms with E-state index < -0.39 is 5.97 Å². The molecule has 7 nitrogen and oxygen atoms in total. The van der Waals surface area contributed by atoms with Crippen molar-refractivity contribution in [2.45, 2.75) is 52.7 Å². The Morgan fingerprint density at radius 3 is 2.30 bits per heavy atom. The molecule has 0 atom stereocenters. The Morgan fingerprint density at radius 2 is 1.57 bits per heavy atom. The molecule has 0 fully saturated rings. The van der Waals surface area contributed by atoms with Crippen molar-refractivity contribution in [2.75, 3.05) is 13.2 Å². The zero-order chi connectivity index (χ0) is 27.9. The molecule has 0 radical (unpaired) electrons. The van der Waals surface area contributed by atoms with E-state index in [1.165, 1.54) is 5.56 Å². The molecule has 5 rings (SSSR count). The minimum absolute atomic E-state index is 0.280. The fourth-order valence-corrected chi connectivity index (χ4v) is 5.07. The van der Waals surface area contributed by atoms with E-state index in [9.17, 15) is 9.90 Å². The van der Waals surface area contributed by atoms with Crippen LogP contribution in [0.25, 0.3) is 11.3 Å². The van der Waals surface area contributed by atoms with Gasteiger partial charge in [-0.25, -0.2) is 14.8 Å². The average molecular weight is 538 g/mol. The standard InChI is InChI=1S/C33H35N3O4/c1-3-4-10-28-29(34-23(2)35-32(28)26-8-6-5-7-9-26)22-36(20-24-11-14-27(15-12-24)33(37)38)21-25-13-16-30-31(19-25)40-18-17-39-30/h5-9,11-16,19H,3-4,10,17-18,20-22H2,1-2H3,(H,37,38). The average Bonchev–Trinajstić information content (AvgIpc) is 2.97. The van der Waals surface area contributed by atoms with Crippen molar-refractivity contribution in [3.63, 3.8) is 0 Å². The van der Waals surface area contributed by atoms with Crippen molar-refractivity contribution in [1.29, 1.82) is 0 Å². The Hall–Kier alpha value is -4.23. The van der Waals surface area contributed by atoms with Crippen molar-refractivity contribution in [1.82, 2.24) is 14.9 Å². The zero-order valence-electron chi connectivity index (χ0n) is 23.1. The van der Waals surface area contributed by atoms with Gasteiger partial charge in [0.25, 0.3) is 0 Å². The van der Waals surface area contributed by atoms with Gasteiger partial charge in [0.05, 0.1) is 17.0 Å². The summed E-state index contributed by atoms with van der Waals surface area (Å²) in [5, 5.41) is 9.34. The Kier molecular flexibility index (Phi) is 8.71. The number of hydrogen-bond acceptors (Lipinski definition) is 6. The molecule has 1 N–H and O–H groups in total. The van der Waals surface area contributed by atoms with Crippen LogP contribution in [0.4, 0.5) is 0 Å². The molecular weight excluding hydrogens is 502 g/mol. The number of aromatic nitrogens is 2. The van der Waals surface area contributed by atoms with E-state index >= 15 is 0 Å². The summed E-state index contributed by atoms with van der Waals surface area (Å²) in [7, 11) is 0. The molecule has 0 unspecified atom stereocenters. The molecule has 0 saturated heterocycles. The van der Waals surface area contributed by atoms with Crippen LogP contribution in [0.5, 0.6) is 11.5 Å². The Bertz CT molecular complexity index is 1460. The minimum atomic E-state index is -0.926. The maximum Gasteiger partial charge on any atom is 0.335 e. The van der Waals surface area contributed by atoms with E-state index in [0.717, 1.165) is 64.7 Å². The van der Waals surface area contributed by atoms with Crippen LogP contribution in [0, 0.1) is 6.92 Å². The lowest BCUT2D eigenvalue weighted by Gasteiger charge is -2.26. The first kappa shape index (κ1) is 27.3. The number of unbranched alkanes of at least 4 members (excludes halogenated alkanes) is 1. The van der Waals surface area contributed by atoms with Crippen LogP contribution in [0.2, 0.25) is 0 Å². The summed E-state index contributed by atoms with van der Waals surface area (Å²) in [6, 6.07) is 23.5. The van der Waals surface area contributed by atoms with E-state index in [1.807, 2.05) is 49.4 Å². The summed E-state index contributed by atoms with van der Waals surface area (Å²) >= 11 is 0. The summed E-state index contributed by atoms with van der Waals surface area (Å²) in [5.41, 5.74) is 6.74. The maximum absolute atomic E-state index is 11.4. The Labute approximate surface area is 235 Å². The molecule has 2 heterocycles. The lowest BCUT2D eigenvalue weighted by Crippen LogP contribution is -2.25. The first-order valence-corrected chi connectivity index (χ1v) is 13.8. The molecule has 3 aromatic carbocycles. The molecule has 0 saturated carbocycles. The van der Waals surface area contributed by atoms with Gasteiger partial charge >= 0.3 is 5.97 Å². The molecule has 7 heteroatoms. The topological polar surface area (TPSA) is 84.8 Å². The van der Waals surface area contributed by atoms with Gasteiger partial charge in [0.1, 0.15) is 19.0 Å². The summed E-state index contributed by atoms with van der Waals surface area (Å²) in [5.74, 6) is 1.36. The molecule has 1 aromatic heterocycles. The predicted molar refractivity (Wildman–Crippen MR) is 155 cm³/mol. The fourth-order valence-electron chi connectivity index (χ4n) is 5.07. The summed E-state index contributed by atoms with van der Waals surface area (Å²) in [6.45, 7) is 7.17. The molecule has 40 heavy (non-hydrogen) atoms. The summed E-state index contributed by atoms with van der Waals surface area (Å²) in [4.78, 5) is 23.6. The smallest absolute Gasteiger partial charge is 0.335 e. The number of carbonyl (C=O) groups is 1. The van der Waals surface area contributed by atoms with Gasteiger partial charge in [0.15, 0.2) is 11.5 Å². The summed E-state index contributed by atoms with van der Waals surface area (Å²) in [6.07, 6.45) is 3.04. The number of carboxylic acids is 1. The van der Waals surface area contributed by atoms with Gasteiger partial charge in [-0.1, -0.05) is 61.9 Å². The first-order valence-electron chi connectivity index (χ1n) is 13.8. The normalized spacial score (nSPS) is 12.5. The van der Waals surface area contributed by atoms with E-state index in [0.29, 0.717) is 32.8 Å². The molecule has 1 aliphatic heterocycles. The maximum atomic E-state index is 11.4. The Balaban J connectivity index is 1.50. The van der Waals surface area contributed by atoms with E-state index in [4.69, 9.17) is 19.4 Å². The second kappa shape index (κ2) is 12.7. The van der Waals surface area contributed by atoms with Crippen LogP contribution >= 0.6 is 0 Å². The van der Waals surface area contributed by atoms with Crippen LogP contribution in [0.3, 0.4) is 0 Å². The molecule has 4 aromatic rings. The lowest BCUT2D eigenvalue weighted by molar-refractivity contribution is 0.0697. The number of nitrogens with zero attached hydrogens (tertiary/aromatic N) is 3. The van der Waals surface area contributed by atoms with E-state index in [1.54, 1.807) is 12.1 Å². The van der Waals surface area contributed by atoms with Crippen LogP contribution in [-0.4, -0.2) is 39.2 Å². The molecule has 0 bridgehead atoms. The van der Waals surface area contributed by atoms with E-state index in [2.05, 4.69) is 30.0 Å². The van der Waals surface area contributed by atoms with Crippen molar-refractivity contribution >= 4 is 5.97 Å². The van der Waals surface area contributed by atoms with Crippen LogP contribution in [-0.2, 0) is 26.1 Å². The molecule has 1 aliphatic rings. The number of ether oxygens (including phenoxy) is 2. The van der Waals surface area contributed by atoms with Gasteiger partial charge in [0, 0.05) is 30.8 Å². The number of rotatable bonds is 11. The highest BCUT2D eigenvalue weighted by Crippen LogP contribution is 2.32. The van der Waals surface area contributed by atoms with Crippen molar-refractivity contribution in [3.05, 3.63) is 107 Å². The van der Waals surface area contributed by atoms with Gasteiger partial charge < -0.3 is 14.6 Å². The molecule has 0 aliphatic carbocycles. The van der Waals surface area contributed by atoms with Crippen LogP contribution in [0.15, 0.2) is 72.8 Å². The van der Waals surface area contributed by atoms with Crippen molar-refractivity contribution in [2.24, 2.45) is 0 Å². The highest BCUT2D eigenvalue weighted by Gasteiger charge is 2.19. The number of aromatic carboxylic acids is 1. The quantitative estimate of drug-likeness (QED) is 0.235. The van der Waals surface area contributed by atoms with Gasteiger partial charge in [-0.05, 0) is 55.2 Å². The van der Waals surface area contributed by atoms with Gasteiger partial charge in [-0.2, -0.15) is 0 Å². The van der Waals surface area contributed by atoms with E-state index in [-0.39, 0.29) is 5.56 Å². The third kappa shape index (κ3) is 6.66. The van der Waals surface area contributed by atoms with Crippen molar-refractivity contribution < 1.29 is 19.4 Å². The second-order valence-electron chi connectivity index (χ2n) is 10.1. The van der Waals surface area contributed by atoms with Gasteiger partial charge in [-0.3, -0.25) is 4.90 Å².